The zero-order valence-electron chi connectivity index (χ0n) is 12.8. The summed E-state index contributed by atoms with van der Waals surface area (Å²) in [6, 6.07) is 14.3. The summed E-state index contributed by atoms with van der Waals surface area (Å²) in [5.74, 6) is -0.0736. The minimum Gasteiger partial charge on any atom is -0.348 e. The van der Waals surface area contributed by atoms with E-state index in [4.69, 9.17) is 0 Å². The Morgan fingerprint density at radius 2 is 1.67 bits per heavy atom. The first-order valence-corrected chi connectivity index (χ1v) is 7.13. The average molecular weight is 279 g/mol. The summed E-state index contributed by atoms with van der Waals surface area (Å²) < 4.78 is 0. The fourth-order valence-corrected chi connectivity index (χ4v) is 2.13. The number of amides is 1. The van der Waals surface area contributed by atoms with Gasteiger partial charge in [0.2, 0.25) is 5.91 Å². The van der Waals surface area contributed by atoms with E-state index in [9.17, 15) is 4.79 Å². The molecule has 2 aromatic carbocycles. The first-order chi connectivity index (χ1) is 10.0. The first-order valence-electron chi connectivity index (χ1n) is 7.13. The molecule has 0 aliphatic rings. The molecule has 0 radical (unpaired) electrons. The van der Waals surface area contributed by atoms with Gasteiger partial charge in [-0.1, -0.05) is 53.6 Å². The van der Waals surface area contributed by atoms with Gasteiger partial charge in [-0.2, -0.15) is 0 Å². The Hall–Kier alpha value is -2.35. The van der Waals surface area contributed by atoms with Gasteiger partial charge in [-0.05, 0) is 43.5 Å². The second kappa shape index (κ2) is 6.89. The predicted octanol–water partition coefficient (Wildman–Crippen LogP) is 3.94. The van der Waals surface area contributed by atoms with E-state index >= 15 is 0 Å². The highest BCUT2D eigenvalue weighted by Crippen LogP contribution is 2.10. The third-order valence-corrected chi connectivity index (χ3v) is 3.46. The number of hydrogen-bond donors (Lipinski definition) is 1. The molecule has 1 amide bonds. The lowest BCUT2D eigenvalue weighted by molar-refractivity contribution is -0.116. The summed E-state index contributed by atoms with van der Waals surface area (Å²) in [7, 11) is 0. The van der Waals surface area contributed by atoms with Gasteiger partial charge in [0.1, 0.15) is 0 Å². The van der Waals surface area contributed by atoms with Gasteiger partial charge in [-0.25, -0.2) is 0 Å². The normalized spacial score (nSPS) is 10.8. The monoisotopic (exact) mass is 279 g/mol. The topological polar surface area (TPSA) is 29.1 Å². The van der Waals surface area contributed by atoms with Crippen molar-refractivity contribution in [3.8, 4) is 0 Å². The van der Waals surface area contributed by atoms with Gasteiger partial charge < -0.3 is 5.32 Å². The van der Waals surface area contributed by atoms with Crippen LogP contribution in [0.15, 0.2) is 48.5 Å². The molecule has 2 nitrogen and oxygen atoms in total. The number of rotatable bonds is 4. The van der Waals surface area contributed by atoms with Crippen molar-refractivity contribution in [1.82, 2.24) is 5.32 Å². The van der Waals surface area contributed by atoms with Crippen molar-refractivity contribution in [1.29, 1.82) is 0 Å². The minimum atomic E-state index is -0.0736. The molecule has 2 aromatic rings. The third kappa shape index (κ3) is 4.60. The minimum absolute atomic E-state index is 0.0736. The smallest absolute Gasteiger partial charge is 0.244 e. The molecule has 0 atom stereocenters. The number of hydrogen-bond acceptors (Lipinski definition) is 1. The van der Waals surface area contributed by atoms with Crippen LogP contribution >= 0.6 is 0 Å². The van der Waals surface area contributed by atoms with Crippen LogP contribution in [0.2, 0.25) is 0 Å². The maximum atomic E-state index is 11.8. The molecule has 21 heavy (non-hydrogen) atoms. The van der Waals surface area contributed by atoms with Crippen LogP contribution in [-0.4, -0.2) is 5.91 Å². The Bertz CT molecular complexity index is 654. The molecular formula is C19H21NO. The SMILES string of the molecule is Cc1ccc(/C=C/C(=O)NCc2ccc(C)cc2C)cc1. The molecule has 0 saturated carbocycles. The van der Waals surface area contributed by atoms with Crippen LogP contribution in [-0.2, 0) is 11.3 Å². The van der Waals surface area contributed by atoms with Crippen molar-refractivity contribution in [2.75, 3.05) is 0 Å². The fraction of sp³-hybridized carbons (Fsp3) is 0.211. The quantitative estimate of drug-likeness (QED) is 0.844. The molecule has 0 bridgehead atoms. The zero-order valence-corrected chi connectivity index (χ0v) is 12.8. The molecule has 0 aromatic heterocycles. The largest absolute Gasteiger partial charge is 0.348 e. The van der Waals surface area contributed by atoms with Gasteiger partial charge in [-0.3, -0.25) is 4.79 Å². The Morgan fingerprint density at radius 1 is 1.00 bits per heavy atom. The van der Waals surface area contributed by atoms with Crippen LogP contribution in [0.3, 0.4) is 0 Å². The van der Waals surface area contributed by atoms with Crippen molar-refractivity contribution in [2.45, 2.75) is 27.3 Å². The van der Waals surface area contributed by atoms with E-state index in [0.717, 1.165) is 11.1 Å². The summed E-state index contributed by atoms with van der Waals surface area (Å²) in [4.78, 5) is 11.8. The molecule has 0 aliphatic heterocycles. The van der Waals surface area contributed by atoms with Crippen LogP contribution in [0.5, 0.6) is 0 Å². The van der Waals surface area contributed by atoms with E-state index in [-0.39, 0.29) is 5.91 Å². The highest BCUT2D eigenvalue weighted by atomic mass is 16.1. The van der Waals surface area contributed by atoms with Crippen LogP contribution in [0, 0.1) is 20.8 Å². The summed E-state index contributed by atoms with van der Waals surface area (Å²) in [6.45, 7) is 6.74. The molecule has 0 heterocycles. The Kier molecular flexibility index (Phi) is 4.94. The Morgan fingerprint density at radius 3 is 2.33 bits per heavy atom. The molecule has 0 aliphatic carbocycles. The van der Waals surface area contributed by atoms with E-state index in [1.807, 2.05) is 37.3 Å². The second-order valence-electron chi connectivity index (χ2n) is 5.39. The average Bonchev–Trinajstić information content (AvgIpc) is 2.46. The predicted molar refractivity (Wildman–Crippen MR) is 88.0 cm³/mol. The van der Waals surface area contributed by atoms with Gasteiger partial charge >= 0.3 is 0 Å². The number of aryl methyl sites for hydroxylation is 3. The van der Waals surface area contributed by atoms with Crippen LogP contribution in [0.25, 0.3) is 6.08 Å². The summed E-state index contributed by atoms with van der Waals surface area (Å²) >= 11 is 0. The lowest BCUT2D eigenvalue weighted by Crippen LogP contribution is -2.20. The van der Waals surface area contributed by atoms with Gasteiger partial charge in [0.25, 0.3) is 0 Å². The summed E-state index contributed by atoms with van der Waals surface area (Å²) in [6.07, 6.45) is 3.41. The summed E-state index contributed by atoms with van der Waals surface area (Å²) in [5.41, 5.74) is 5.84. The van der Waals surface area contributed by atoms with Crippen molar-refractivity contribution in [3.63, 3.8) is 0 Å². The molecular weight excluding hydrogens is 258 g/mol. The van der Waals surface area contributed by atoms with E-state index in [2.05, 4.69) is 37.4 Å². The van der Waals surface area contributed by atoms with E-state index < -0.39 is 0 Å². The van der Waals surface area contributed by atoms with Gasteiger partial charge in [0.15, 0.2) is 0 Å². The number of carbonyl (C=O) groups is 1. The van der Waals surface area contributed by atoms with Crippen LogP contribution < -0.4 is 5.32 Å². The molecule has 0 saturated heterocycles. The van der Waals surface area contributed by atoms with E-state index in [1.54, 1.807) is 6.08 Å². The Balaban J connectivity index is 1.91. The van der Waals surface area contributed by atoms with E-state index in [0.29, 0.717) is 6.54 Å². The van der Waals surface area contributed by atoms with E-state index in [1.165, 1.54) is 16.7 Å². The van der Waals surface area contributed by atoms with Crippen molar-refractivity contribution >= 4 is 12.0 Å². The second-order valence-corrected chi connectivity index (χ2v) is 5.39. The standard InChI is InChI=1S/C19H21NO/c1-14-4-7-17(8-5-14)9-11-19(21)20-13-18-10-6-15(2)12-16(18)3/h4-12H,13H2,1-3H3,(H,20,21)/b11-9+. The lowest BCUT2D eigenvalue weighted by atomic mass is 10.1. The highest BCUT2D eigenvalue weighted by Gasteiger charge is 2.00. The first kappa shape index (κ1) is 15.0. The molecule has 0 spiro atoms. The van der Waals surface area contributed by atoms with Gasteiger partial charge in [0.05, 0.1) is 0 Å². The van der Waals surface area contributed by atoms with Crippen molar-refractivity contribution < 1.29 is 4.79 Å². The maximum absolute atomic E-state index is 11.8. The number of benzene rings is 2. The molecule has 2 heteroatoms. The van der Waals surface area contributed by atoms with Crippen molar-refractivity contribution in [3.05, 3.63) is 76.4 Å². The number of nitrogens with one attached hydrogen (secondary N) is 1. The lowest BCUT2D eigenvalue weighted by Gasteiger charge is -2.07. The van der Waals surface area contributed by atoms with Gasteiger partial charge in [-0.15, -0.1) is 0 Å². The zero-order chi connectivity index (χ0) is 15.2. The molecule has 0 fully saturated rings. The molecule has 2 rings (SSSR count). The van der Waals surface area contributed by atoms with Crippen LogP contribution in [0.4, 0.5) is 0 Å². The molecule has 108 valence electrons. The molecule has 1 N–H and O–H groups in total. The maximum Gasteiger partial charge on any atom is 0.244 e. The Labute approximate surface area is 126 Å². The van der Waals surface area contributed by atoms with Crippen LogP contribution in [0.1, 0.15) is 27.8 Å². The highest BCUT2D eigenvalue weighted by molar-refractivity contribution is 5.91. The number of carbonyl (C=O) groups excluding carboxylic acids is 1. The fourth-order valence-electron chi connectivity index (χ4n) is 2.13. The third-order valence-electron chi connectivity index (χ3n) is 3.46. The molecule has 0 unspecified atom stereocenters. The summed E-state index contributed by atoms with van der Waals surface area (Å²) in [5, 5.41) is 2.92. The van der Waals surface area contributed by atoms with Gasteiger partial charge in [0, 0.05) is 12.6 Å². The van der Waals surface area contributed by atoms with Crippen molar-refractivity contribution in [2.24, 2.45) is 0 Å².